The number of rotatable bonds is 9. The Morgan fingerprint density at radius 1 is 0.702 bits per heavy atom. The van der Waals surface area contributed by atoms with Crippen LogP contribution in [0.5, 0.6) is 23.0 Å². The Morgan fingerprint density at radius 2 is 1.32 bits per heavy atom. The van der Waals surface area contributed by atoms with E-state index >= 15 is 0 Å². The molecule has 15 heteroatoms. The van der Waals surface area contributed by atoms with Crippen LogP contribution in [0.4, 0.5) is 0 Å². The molecule has 0 saturated carbocycles. The van der Waals surface area contributed by atoms with E-state index in [1.54, 1.807) is 24.3 Å². The largest absolute Gasteiger partial charge is 0.504 e. The summed E-state index contributed by atoms with van der Waals surface area (Å²) in [7, 11) is 2.95. The van der Waals surface area contributed by atoms with Gasteiger partial charge in [0.15, 0.2) is 35.4 Å². The van der Waals surface area contributed by atoms with Gasteiger partial charge in [-0.2, -0.15) is 0 Å². The van der Waals surface area contributed by atoms with Crippen molar-refractivity contribution in [3.8, 4) is 23.0 Å². The monoisotopic (exact) mass is 666 g/mol. The third-order valence-corrected chi connectivity index (χ3v) is 9.48. The quantitative estimate of drug-likeness (QED) is 0.180. The Labute approximate surface area is 270 Å². The maximum Gasteiger partial charge on any atom is 0.229 e. The number of phenols is 1. The van der Waals surface area contributed by atoms with E-state index in [-0.39, 0.29) is 35.5 Å². The Hall–Kier alpha value is -2.80. The fraction of sp³-hybridized carbons (Fsp3) is 0.625. The van der Waals surface area contributed by atoms with Gasteiger partial charge < -0.3 is 73.6 Å². The summed E-state index contributed by atoms with van der Waals surface area (Å²) in [6.45, 7) is 1.76. The maximum atomic E-state index is 10.9. The zero-order valence-electron chi connectivity index (χ0n) is 26.1. The molecular formula is C32H42O15. The molecule has 2 aromatic rings. The first-order valence-corrected chi connectivity index (χ1v) is 15.5. The number of ether oxygens (including phenoxy) is 8. The van der Waals surface area contributed by atoms with Gasteiger partial charge >= 0.3 is 0 Å². The third-order valence-electron chi connectivity index (χ3n) is 9.48. The Balaban J connectivity index is 1.19. The second kappa shape index (κ2) is 14.0. The van der Waals surface area contributed by atoms with E-state index in [0.29, 0.717) is 24.7 Å². The first kappa shape index (κ1) is 34.1. The number of phenolic OH excluding ortho intramolecular Hbond substituents is 1. The number of aliphatic hydroxyl groups is 6. The van der Waals surface area contributed by atoms with Crippen LogP contribution in [0, 0.1) is 11.8 Å². The Morgan fingerprint density at radius 3 is 1.94 bits per heavy atom. The molecule has 2 aromatic carbocycles. The van der Waals surface area contributed by atoms with Gasteiger partial charge in [-0.15, -0.1) is 0 Å². The van der Waals surface area contributed by atoms with E-state index in [2.05, 4.69) is 0 Å². The summed E-state index contributed by atoms with van der Waals surface area (Å²) in [5.41, 5.74) is 1.70. The number of hydrogen-bond acceptors (Lipinski definition) is 15. The molecule has 6 rings (SSSR count). The minimum atomic E-state index is -1.75. The van der Waals surface area contributed by atoms with Crippen LogP contribution >= 0.6 is 0 Å². The predicted octanol–water partition coefficient (Wildman–Crippen LogP) is -0.485. The molecule has 4 aliphatic heterocycles. The molecule has 4 fully saturated rings. The van der Waals surface area contributed by atoms with Gasteiger partial charge in [-0.1, -0.05) is 12.1 Å². The zero-order valence-corrected chi connectivity index (χ0v) is 26.1. The molecular weight excluding hydrogens is 624 g/mol. The summed E-state index contributed by atoms with van der Waals surface area (Å²) in [6, 6.07) is 10.4. The van der Waals surface area contributed by atoms with Gasteiger partial charge in [0.2, 0.25) is 6.29 Å². The third kappa shape index (κ3) is 6.38. The maximum absolute atomic E-state index is 10.9. The lowest BCUT2D eigenvalue weighted by Crippen LogP contribution is -2.64. The number of fused-ring (bicyclic) bond motifs is 1. The first-order chi connectivity index (χ1) is 22.6. The predicted molar refractivity (Wildman–Crippen MR) is 158 cm³/mol. The minimum Gasteiger partial charge on any atom is -0.504 e. The van der Waals surface area contributed by atoms with Gasteiger partial charge in [-0.3, -0.25) is 0 Å². The second-order valence-corrected chi connectivity index (χ2v) is 12.3. The van der Waals surface area contributed by atoms with Crippen molar-refractivity contribution in [1.29, 1.82) is 0 Å². The van der Waals surface area contributed by atoms with Crippen LogP contribution in [-0.2, 0) is 23.7 Å². The molecule has 4 saturated heterocycles. The van der Waals surface area contributed by atoms with Gasteiger partial charge in [0, 0.05) is 11.8 Å². The van der Waals surface area contributed by atoms with Crippen LogP contribution in [0.3, 0.4) is 0 Å². The number of hydrogen-bond donors (Lipinski definition) is 7. The molecule has 0 bridgehead atoms. The zero-order chi connectivity index (χ0) is 33.6. The first-order valence-electron chi connectivity index (χ1n) is 15.5. The molecule has 0 aromatic heterocycles. The van der Waals surface area contributed by atoms with Crippen molar-refractivity contribution >= 4 is 0 Å². The molecule has 0 amide bonds. The Bertz CT molecular complexity index is 1370. The lowest BCUT2D eigenvalue weighted by atomic mass is 9.85. The molecule has 7 N–H and O–H groups in total. The number of aliphatic hydroxyl groups excluding tert-OH is 6. The highest BCUT2D eigenvalue weighted by Crippen LogP contribution is 2.51. The smallest absolute Gasteiger partial charge is 0.229 e. The van der Waals surface area contributed by atoms with Crippen molar-refractivity contribution in [3.05, 3.63) is 47.5 Å². The molecule has 4 heterocycles. The van der Waals surface area contributed by atoms with Crippen LogP contribution in [0.15, 0.2) is 36.4 Å². The van der Waals surface area contributed by atoms with Crippen molar-refractivity contribution in [3.63, 3.8) is 0 Å². The van der Waals surface area contributed by atoms with Crippen LogP contribution in [0.1, 0.15) is 30.3 Å². The summed E-state index contributed by atoms with van der Waals surface area (Å²) in [4.78, 5) is 0. The second-order valence-electron chi connectivity index (χ2n) is 12.3. The van der Waals surface area contributed by atoms with Gasteiger partial charge in [-0.25, -0.2) is 0 Å². The van der Waals surface area contributed by atoms with Crippen LogP contribution in [0.2, 0.25) is 0 Å². The number of methoxy groups -OCH3 is 2. The Kier molecular flexibility index (Phi) is 10.1. The van der Waals surface area contributed by atoms with Gasteiger partial charge in [-0.05, 0) is 42.3 Å². The van der Waals surface area contributed by atoms with Crippen LogP contribution in [-0.4, -0.2) is 131 Å². The molecule has 0 aliphatic carbocycles. The average molecular weight is 667 g/mol. The molecule has 2 unspecified atom stereocenters. The molecule has 15 nitrogen and oxygen atoms in total. The van der Waals surface area contributed by atoms with Crippen molar-refractivity contribution < 1.29 is 73.6 Å². The number of benzene rings is 2. The average Bonchev–Trinajstić information content (AvgIpc) is 3.69. The minimum absolute atomic E-state index is 0.0340. The van der Waals surface area contributed by atoms with Crippen molar-refractivity contribution in [1.82, 2.24) is 0 Å². The van der Waals surface area contributed by atoms with E-state index < -0.39 is 68.0 Å². The molecule has 14 atom stereocenters. The fourth-order valence-corrected chi connectivity index (χ4v) is 6.77. The van der Waals surface area contributed by atoms with Gasteiger partial charge in [0.1, 0.15) is 36.6 Å². The highest BCUT2D eigenvalue weighted by Gasteiger charge is 2.51. The lowest BCUT2D eigenvalue weighted by molar-refractivity contribution is -0.355. The molecule has 4 aliphatic rings. The van der Waals surface area contributed by atoms with E-state index in [1.165, 1.54) is 21.1 Å². The molecule has 260 valence electrons. The fourth-order valence-electron chi connectivity index (χ4n) is 6.77. The van der Waals surface area contributed by atoms with Crippen molar-refractivity contribution in [2.24, 2.45) is 11.8 Å². The summed E-state index contributed by atoms with van der Waals surface area (Å²) < 4.78 is 46.6. The van der Waals surface area contributed by atoms with Gasteiger partial charge in [0.05, 0.1) is 52.4 Å². The molecule has 0 spiro atoms. The SMILES string of the molecule is COc1cc([C@H]2OCC3C2CO[C@@H]3c2ccc(O[C@@H]3O[C@@H](C)[C@H](O)[C@@H](O)[C@H]3O[C@@H]3O[C@H](CO)[C@@H](O)[C@H](O)[C@H]3O)c(OC)c2)ccc1O. The lowest BCUT2D eigenvalue weighted by Gasteiger charge is -2.45. The highest BCUT2D eigenvalue weighted by molar-refractivity contribution is 5.45. The van der Waals surface area contributed by atoms with Crippen molar-refractivity contribution in [2.75, 3.05) is 34.0 Å². The topological polar surface area (TPSA) is 215 Å². The summed E-state index contributed by atoms with van der Waals surface area (Å²) in [5.74, 6) is 1.03. The molecule has 0 radical (unpaired) electrons. The van der Waals surface area contributed by atoms with E-state index in [1.807, 2.05) is 12.1 Å². The van der Waals surface area contributed by atoms with Gasteiger partial charge in [0.25, 0.3) is 0 Å². The standard InChI is InChI=1S/C32H42O15/c1-13-23(35)26(38)30(47-31-27(39)25(37)24(36)22(10-33)46-31)32(44-13)45-19-7-5-15(9-21(19)41-3)29-17-12-42-28(16(17)11-43-29)14-4-6-18(34)20(8-14)40-2/h4-9,13,16-17,22-39H,10-12H2,1-3H3/t13-,16?,17?,22+,23-,24+,25-,26+,27+,28+,29+,30+,31-,32-/m0/s1. The van der Waals surface area contributed by atoms with Crippen LogP contribution in [0.25, 0.3) is 0 Å². The summed E-state index contributed by atoms with van der Waals surface area (Å²) in [5, 5.41) is 71.9. The summed E-state index contributed by atoms with van der Waals surface area (Å²) >= 11 is 0. The summed E-state index contributed by atoms with van der Waals surface area (Å²) in [6.07, 6.45) is -15.2. The number of aromatic hydroxyl groups is 1. The van der Waals surface area contributed by atoms with E-state index in [0.717, 1.165) is 11.1 Å². The normalized spacial score (nSPS) is 40.2. The van der Waals surface area contributed by atoms with Crippen LogP contribution < -0.4 is 14.2 Å². The van der Waals surface area contributed by atoms with Crippen molar-refractivity contribution in [2.45, 2.75) is 80.5 Å². The van der Waals surface area contributed by atoms with E-state index in [9.17, 15) is 35.7 Å². The van der Waals surface area contributed by atoms with E-state index in [4.69, 9.17) is 37.9 Å². The molecule has 47 heavy (non-hydrogen) atoms. The highest BCUT2D eigenvalue weighted by atomic mass is 16.8.